The van der Waals surface area contributed by atoms with Crippen LogP contribution in [-0.4, -0.2) is 18.2 Å². The summed E-state index contributed by atoms with van der Waals surface area (Å²) >= 11 is 12.9. The van der Waals surface area contributed by atoms with Crippen LogP contribution in [0.2, 0.25) is 10.0 Å². The fourth-order valence-electron chi connectivity index (χ4n) is 6.12. The predicted octanol–water partition coefficient (Wildman–Crippen LogP) is 7.94. The smallest absolute Gasteiger partial charge is 0.180 e. The van der Waals surface area contributed by atoms with Gasteiger partial charge in [-0.2, -0.15) is 0 Å². The second kappa shape index (κ2) is 10.3. The number of rotatable bonds is 6. The third-order valence-corrected chi connectivity index (χ3v) is 8.21. The Bertz CT molecular complexity index is 1350. The molecule has 1 N–H and O–H groups in total. The summed E-state index contributed by atoms with van der Waals surface area (Å²) in [6, 6.07) is 11.1. The van der Waals surface area contributed by atoms with Crippen LogP contribution in [0.5, 0.6) is 11.5 Å². The first-order valence-electron chi connectivity index (χ1n) is 13.5. The molecule has 5 rings (SSSR count). The molecule has 0 unspecified atom stereocenters. The highest BCUT2D eigenvalue weighted by molar-refractivity contribution is 6.32. The SMILES string of the molecule is CCOc1cc(C2C3=C(CC(C)(C)CC3=O)NC3=C2C(=O)CC(C)(C)C3)cc(Cl)c1OCc1ccc(Cl)cc1. The number of dihydropyridines is 1. The van der Waals surface area contributed by atoms with Crippen LogP contribution in [0.15, 0.2) is 58.9 Å². The zero-order valence-electron chi connectivity index (χ0n) is 23.2. The first-order chi connectivity index (χ1) is 18.4. The van der Waals surface area contributed by atoms with Crippen molar-refractivity contribution >= 4 is 34.8 Å². The van der Waals surface area contributed by atoms with Gasteiger partial charge in [-0.05, 0) is 66.0 Å². The zero-order chi connectivity index (χ0) is 28.1. The van der Waals surface area contributed by atoms with Crippen molar-refractivity contribution in [3.63, 3.8) is 0 Å². The molecule has 39 heavy (non-hydrogen) atoms. The normalized spacial score (nSPS) is 20.4. The molecule has 3 aliphatic rings. The molecule has 2 aliphatic carbocycles. The van der Waals surface area contributed by atoms with Gasteiger partial charge in [-0.1, -0.05) is 63.0 Å². The molecule has 0 atom stereocenters. The Morgan fingerprint density at radius 2 is 1.41 bits per heavy atom. The van der Waals surface area contributed by atoms with Gasteiger partial charge in [-0.3, -0.25) is 9.59 Å². The van der Waals surface area contributed by atoms with E-state index < -0.39 is 5.92 Å². The van der Waals surface area contributed by atoms with Crippen molar-refractivity contribution in [3.05, 3.63) is 80.1 Å². The molecule has 0 spiro atoms. The van der Waals surface area contributed by atoms with Crippen LogP contribution in [0.3, 0.4) is 0 Å². The summed E-state index contributed by atoms with van der Waals surface area (Å²) in [5, 5.41) is 4.59. The van der Waals surface area contributed by atoms with Crippen LogP contribution in [0.25, 0.3) is 0 Å². The van der Waals surface area contributed by atoms with Gasteiger partial charge in [0.2, 0.25) is 0 Å². The average molecular weight is 569 g/mol. The molecule has 2 aromatic carbocycles. The molecule has 7 heteroatoms. The predicted molar refractivity (Wildman–Crippen MR) is 154 cm³/mol. The monoisotopic (exact) mass is 567 g/mol. The molecule has 0 aromatic heterocycles. The van der Waals surface area contributed by atoms with Gasteiger partial charge in [0.05, 0.1) is 11.6 Å². The largest absolute Gasteiger partial charge is 0.490 e. The quantitative estimate of drug-likeness (QED) is 0.383. The topological polar surface area (TPSA) is 64.6 Å². The minimum atomic E-state index is -0.495. The molecule has 2 aromatic rings. The van der Waals surface area contributed by atoms with Crippen LogP contribution in [-0.2, 0) is 16.2 Å². The minimum absolute atomic E-state index is 0.0695. The van der Waals surface area contributed by atoms with Crippen LogP contribution in [0.1, 0.15) is 77.3 Å². The highest BCUT2D eigenvalue weighted by Crippen LogP contribution is 2.52. The van der Waals surface area contributed by atoms with Crippen LogP contribution >= 0.6 is 23.2 Å². The number of hydrogen-bond donors (Lipinski definition) is 1. The lowest BCUT2D eigenvalue weighted by molar-refractivity contribution is -0.119. The standard InChI is InChI=1S/C32H35Cl2NO4/c1-6-38-26-12-19(11-21(34)30(26)39-17-18-7-9-20(33)10-8-18)27-28-22(13-31(2,3)15-24(28)36)35-23-14-32(4,5)16-25(37)29(23)27/h7-12,27,35H,6,13-17H2,1-5H3. The van der Waals surface area contributed by atoms with E-state index in [9.17, 15) is 9.59 Å². The van der Waals surface area contributed by atoms with Gasteiger partial charge in [0.1, 0.15) is 6.61 Å². The molecular weight excluding hydrogens is 533 g/mol. The zero-order valence-corrected chi connectivity index (χ0v) is 24.7. The molecule has 0 radical (unpaired) electrons. The van der Waals surface area contributed by atoms with E-state index in [0.29, 0.717) is 52.1 Å². The number of Topliss-reactive ketones (excluding diaryl/α,β-unsaturated/α-hetero) is 2. The van der Waals surface area contributed by atoms with Gasteiger partial charge >= 0.3 is 0 Å². The van der Waals surface area contributed by atoms with Gasteiger partial charge < -0.3 is 14.8 Å². The Morgan fingerprint density at radius 1 is 0.846 bits per heavy atom. The van der Waals surface area contributed by atoms with Gasteiger partial charge in [0, 0.05) is 46.3 Å². The van der Waals surface area contributed by atoms with Crippen LogP contribution in [0, 0.1) is 10.8 Å². The lowest BCUT2D eigenvalue weighted by Gasteiger charge is -2.44. The molecule has 0 fully saturated rings. The Hall–Kier alpha value is -2.76. The number of hydrogen-bond acceptors (Lipinski definition) is 5. The highest BCUT2D eigenvalue weighted by Gasteiger charge is 2.46. The maximum absolute atomic E-state index is 13.7. The van der Waals surface area contributed by atoms with Crippen molar-refractivity contribution in [1.29, 1.82) is 0 Å². The Labute approximate surface area is 240 Å². The molecule has 0 saturated carbocycles. The molecule has 0 saturated heterocycles. The van der Waals surface area contributed by atoms with Crippen molar-refractivity contribution in [2.24, 2.45) is 10.8 Å². The summed E-state index contributed by atoms with van der Waals surface area (Å²) in [4.78, 5) is 27.3. The number of ether oxygens (including phenoxy) is 2. The Kier molecular flexibility index (Phi) is 7.36. The maximum Gasteiger partial charge on any atom is 0.180 e. The summed E-state index contributed by atoms with van der Waals surface area (Å²) in [5.41, 5.74) is 4.58. The molecule has 1 heterocycles. The number of allylic oxidation sites excluding steroid dienone is 4. The van der Waals surface area contributed by atoms with Crippen molar-refractivity contribution in [2.45, 2.75) is 72.8 Å². The van der Waals surface area contributed by atoms with Crippen molar-refractivity contribution < 1.29 is 19.1 Å². The first kappa shape index (κ1) is 27.8. The van der Waals surface area contributed by atoms with Gasteiger partial charge in [0.15, 0.2) is 23.1 Å². The summed E-state index contributed by atoms with van der Waals surface area (Å²) in [7, 11) is 0. The number of nitrogens with one attached hydrogen (secondary N) is 1. The molecule has 1 aliphatic heterocycles. The van der Waals surface area contributed by atoms with E-state index >= 15 is 0 Å². The van der Waals surface area contributed by atoms with Gasteiger partial charge in [-0.25, -0.2) is 0 Å². The van der Waals surface area contributed by atoms with Crippen LogP contribution in [0.4, 0.5) is 0 Å². The van der Waals surface area contributed by atoms with E-state index in [0.717, 1.165) is 35.4 Å². The number of halogens is 2. The first-order valence-corrected chi connectivity index (χ1v) is 14.3. The Morgan fingerprint density at radius 3 is 1.95 bits per heavy atom. The van der Waals surface area contributed by atoms with Crippen LogP contribution < -0.4 is 14.8 Å². The average Bonchev–Trinajstić information content (AvgIpc) is 2.81. The fourth-order valence-corrected chi connectivity index (χ4v) is 6.52. The lowest BCUT2D eigenvalue weighted by Crippen LogP contribution is -2.42. The number of ketones is 2. The summed E-state index contributed by atoms with van der Waals surface area (Å²) in [6.45, 7) is 11.0. The van der Waals surface area contributed by atoms with E-state index in [1.165, 1.54) is 0 Å². The van der Waals surface area contributed by atoms with Gasteiger partial charge in [-0.15, -0.1) is 0 Å². The van der Waals surface area contributed by atoms with E-state index in [-0.39, 0.29) is 29.0 Å². The van der Waals surface area contributed by atoms with E-state index in [4.69, 9.17) is 32.7 Å². The second-order valence-corrected chi connectivity index (χ2v) is 13.2. The molecule has 0 amide bonds. The second-order valence-electron chi connectivity index (χ2n) is 12.4. The van der Waals surface area contributed by atoms with E-state index in [1.807, 2.05) is 43.3 Å². The molecule has 5 nitrogen and oxygen atoms in total. The third kappa shape index (κ3) is 5.62. The van der Waals surface area contributed by atoms with E-state index in [1.54, 1.807) is 0 Å². The number of carbonyl (C=O) groups is 2. The maximum atomic E-state index is 13.7. The molecule has 206 valence electrons. The summed E-state index contributed by atoms with van der Waals surface area (Å²) in [6.07, 6.45) is 2.34. The van der Waals surface area contributed by atoms with Crippen molar-refractivity contribution in [3.8, 4) is 11.5 Å². The number of carbonyl (C=O) groups excluding carboxylic acids is 2. The molecule has 0 bridgehead atoms. The summed E-state index contributed by atoms with van der Waals surface area (Å²) in [5.74, 6) is 0.566. The fraction of sp³-hybridized carbons (Fsp3) is 0.438. The number of benzene rings is 2. The van der Waals surface area contributed by atoms with Gasteiger partial charge in [0.25, 0.3) is 0 Å². The Balaban J connectivity index is 1.60. The third-order valence-electron chi connectivity index (χ3n) is 7.68. The highest BCUT2D eigenvalue weighted by atomic mass is 35.5. The van der Waals surface area contributed by atoms with Crippen molar-refractivity contribution in [1.82, 2.24) is 5.32 Å². The van der Waals surface area contributed by atoms with Crippen molar-refractivity contribution in [2.75, 3.05) is 6.61 Å². The van der Waals surface area contributed by atoms with E-state index in [2.05, 4.69) is 33.0 Å². The lowest BCUT2D eigenvalue weighted by atomic mass is 9.64. The summed E-state index contributed by atoms with van der Waals surface area (Å²) < 4.78 is 12.1. The molecular formula is C32H35Cl2NO4. The minimum Gasteiger partial charge on any atom is -0.490 e.